The van der Waals surface area contributed by atoms with E-state index in [0.717, 1.165) is 96.3 Å². The minimum atomic E-state index is -0.931. The van der Waals surface area contributed by atoms with E-state index in [9.17, 15) is 39.6 Å². The van der Waals surface area contributed by atoms with E-state index in [2.05, 4.69) is 27.7 Å². The molecule has 0 rings (SSSR count). The predicted octanol–water partition coefficient (Wildman–Crippen LogP) is 6.93. The van der Waals surface area contributed by atoms with Gasteiger partial charge in [0.05, 0.1) is 0 Å². The molecule has 0 aliphatic rings. The van der Waals surface area contributed by atoms with Gasteiger partial charge in [0.25, 0.3) is 0 Å². The normalized spacial score (nSPS) is 13.3. The number of carboxylic acid groups (broad SMARTS) is 4. The Morgan fingerprint density at radius 3 is 0.939 bits per heavy atom. The molecule has 0 radical (unpaired) electrons. The van der Waals surface area contributed by atoms with Gasteiger partial charge in [-0.25, -0.2) is 0 Å². The summed E-state index contributed by atoms with van der Waals surface area (Å²) in [6, 6.07) is 0. The van der Waals surface area contributed by atoms with Crippen LogP contribution in [0, 0.1) is 63.4 Å². The molecule has 0 amide bonds. The van der Waals surface area contributed by atoms with Gasteiger partial charge in [0, 0.05) is 45.5 Å². The van der Waals surface area contributed by atoms with Crippen LogP contribution in [0.5, 0.6) is 0 Å². The summed E-state index contributed by atoms with van der Waals surface area (Å²) in [4.78, 5) is 42.7. The summed E-state index contributed by atoms with van der Waals surface area (Å²) in [5.41, 5.74) is -2.48. The number of rotatable bonds is 24. The first-order chi connectivity index (χ1) is 22.1. The minimum Gasteiger partial charge on any atom is -0.550 e. The molecule has 8 nitrogen and oxygen atoms in total. The average Bonchev–Trinajstić information content (AvgIpc) is 3.01. The van der Waals surface area contributed by atoms with Crippen LogP contribution in [0.1, 0.15) is 212 Å². The van der Waals surface area contributed by atoms with Crippen LogP contribution in [0.15, 0.2) is 0 Å². The minimum absolute atomic E-state index is 0. The third-order valence-corrected chi connectivity index (χ3v) is 9.40. The number of carbonyl (C=O) groups is 4. The van der Waals surface area contributed by atoms with E-state index in [1.165, 1.54) is 25.7 Å². The van der Waals surface area contributed by atoms with Gasteiger partial charge in [0.1, 0.15) is 0 Å². The summed E-state index contributed by atoms with van der Waals surface area (Å²) in [6.07, 6.45) is 19.6. The Labute approximate surface area is 336 Å². The molecule has 288 valence electrons. The Balaban J connectivity index is -0.000000174. The fraction of sp³-hybridized carbons (Fsp3) is 0.900. The second-order valence-electron chi connectivity index (χ2n) is 15.3. The Morgan fingerprint density at radius 1 is 0.367 bits per heavy atom. The molecular formula is C40H76CeO8. The van der Waals surface area contributed by atoms with E-state index in [1.54, 1.807) is 41.5 Å². The van der Waals surface area contributed by atoms with Gasteiger partial charge in [0.2, 0.25) is 0 Å². The molecule has 49 heavy (non-hydrogen) atoms. The fourth-order valence-corrected chi connectivity index (χ4v) is 4.83. The van der Waals surface area contributed by atoms with Crippen molar-refractivity contribution in [1.82, 2.24) is 0 Å². The van der Waals surface area contributed by atoms with Crippen molar-refractivity contribution in [2.24, 2.45) is 21.7 Å². The molecule has 0 N–H and O–H groups in total. The van der Waals surface area contributed by atoms with Crippen LogP contribution in [0.3, 0.4) is 0 Å². The van der Waals surface area contributed by atoms with E-state index >= 15 is 0 Å². The molecule has 0 spiro atoms. The molecular weight excluding hydrogens is 749 g/mol. The quantitative estimate of drug-likeness (QED) is 0.0948. The van der Waals surface area contributed by atoms with E-state index in [-0.39, 0.29) is 41.7 Å². The third-order valence-electron chi connectivity index (χ3n) is 9.40. The molecule has 0 fully saturated rings. The maximum atomic E-state index is 10.8. The van der Waals surface area contributed by atoms with Crippen molar-refractivity contribution in [2.75, 3.05) is 0 Å². The molecule has 0 aromatic heterocycles. The van der Waals surface area contributed by atoms with Crippen molar-refractivity contribution in [3.05, 3.63) is 0 Å². The fourth-order valence-electron chi connectivity index (χ4n) is 4.83. The van der Waals surface area contributed by atoms with Crippen LogP contribution in [0.2, 0.25) is 0 Å². The second-order valence-corrected chi connectivity index (χ2v) is 15.3. The SMILES string of the molecule is CCCCC(C)(CCC)C(=O)[O-].CCCCCC(C)(CC)C(=O)[O-].CCCCCCC(C)(C)C(=O)[O-].CCCCCCC(C)(C)C(=O)[O-].[Ce+4]. The molecule has 0 bridgehead atoms. The van der Waals surface area contributed by atoms with Crippen molar-refractivity contribution < 1.29 is 81.4 Å². The standard InChI is InChI=1S/4C10H20O2.Ce/c2*1-4-5-6-7-8-10(2,3)9(11)12;1-4-6-7-8-10(3,5-2)9(11)12;1-4-6-8-10(3,7-5-2)9(11)12;/h4*4-8H2,1-3H3,(H,11,12);/q;;;;+4/p-4. The van der Waals surface area contributed by atoms with Crippen molar-refractivity contribution in [2.45, 2.75) is 212 Å². The van der Waals surface area contributed by atoms with Gasteiger partial charge in [-0.05, 0) is 38.5 Å². The molecule has 2 atom stereocenters. The molecule has 0 aromatic carbocycles. The Hall–Kier alpha value is -0.743. The largest absolute Gasteiger partial charge is 4.00 e. The number of hydrogen-bond acceptors (Lipinski definition) is 8. The van der Waals surface area contributed by atoms with E-state index in [0.29, 0.717) is 6.42 Å². The summed E-state index contributed by atoms with van der Waals surface area (Å²) >= 11 is 0. The van der Waals surface area contributed by atoms with Crippen LogP contribution in [0.25, 0.3) is 0 Å². The number of carbonyl (C=O) groups excluding carboxylic acids is 4. The van der Waals surface area contributed by atoms with E-state index in [1.807, 2.05) is 13.8 Å². The average molecular weight is 825 g/mol. The Kier molecular flexibility index (Phi) is 38.9. The van der Waals surface area contributed by atoms with Crippen molar-refractivity contribution in [1.29, 1.82) is 0 Å². The first kappa shape index (κ1) is 57.6. The maximum absolute atomic E-state index is 10.8. The molecule has 9 heteroatoms. The van der Waals surface area contributed by atoms with Gasteiger partial charge in [-0.15, -0.1) is 0 Å². The zero-order valence-electron chi connectivity index (χ0n) is 33.9. The monoisotopic (exact) mass is 824 g/mol. The first-order valence-electron chi connectivity index (χ1n) is 19.0. The maximum Gasteiger partial charge on any atom is 4.00 e. The van der Waals surface area contributed by atoms with Crippen LogP contribution in [-0.4, -0.2) is 23.9 Å². The molecule has 0 aromatic rings. The summed E-state index contributed by atoms with van der Waals surface area (Å²) in [6.45, 7) is 22.9. The van der Waals surface area contributed by atoms with Crippen molar-refractivity contribution in [3.63, 3.8) is 0 Å². The predicted molar refractivity (Wildman–Crippen MR) is 190 cm³/mol. The van der Waals surface area contributed by atoms with Gasteiger partial charge in [-0.2, -0.15) is 0 Å². The van der Waals surface area contributed by atoms with Gasteiger partial charge < -0.3 is 39.6 Å². The van der Waals surface area contributed by atoms with Crippen molar-refractivity contribution in [3.8, 4) is 0 Å². The van der Waals surface area contributed by atoms with Gasteiger partial charge in [0.15, 0.2) is 0 Å². The van der Waals surface area contributed by atoms with E-state index in [4.69, 9.17) is 0 Å². The molecule has 0 saturated carbocycles. The molecule has 0 saturated heterocycles. The summed E-state index contributed by atoms with van der Waals surface area (Å²) in [5.74, 6) is -3.66. The third kappa shape index (κ3) is 31.7. The molecule has 0 heterocycles. The smallest absolute Gasteiger partial charge is 0.550 e. The molecule has 0 aliphatic carbocycles. The number of carboxylic acids is 4. The zero-order chi connectivity index (χ0) is 38.5. The van der Waals surface area contributed by atoms with Gasteiger partial charge in [-0.1, -0.05) is 173 Å². The van der Waals surface area contributed by atoms with Gasteiger partial charge in [-0.3, -0.25) is 0 Å². The Morgan fingerprint density at radius 2 is 0.673 bits per heavy atom. The summed E-state index contributed by atoms with van der Waals surface area (Å²) in [5, 5.41) is 42.7. The molecule has 2 unspecified atom stereocenters. The molecule has 0 aliphatic heterocycles. The Bertz CT molecular complexity index is 808. The number of unbranched alkanes of at least 4 members (excludes halogenated alkanes) is 9. The van der Waals surface area contributed by atoms with Crippen molar-refractivity contribution >= 4 is 23.9 Å². The number of aliphatic carboxylic acids is 4. The topological polar surface area (TPSA) is 161 Å². The summed E-state index contributed by atoms with van der Waals surface area (Å²) in [7, 11) is 0. The second kappa shape index (κ2) is 33.1. The van der Waals surface area contributed by atoms with E-state index < -0.39 is 45.5 Å². The number of hydrogen-bond donors (Lipinski definition) is 0. The van der Waals surface area contributed by atoms with Crippen LogP contribution >= 0.6 is 0 Å². The summed E-state index contributed by atoms with van der Waals surface area (Å²) < 4.78 is 0. The van der Waals surface area contributed by atoms with Crippen LogP contribution in [-0.2, 0) is 19.2 Å². The van der Waals surface area contributed by atoms with Crippen LogP contribution < -0.4 is 20.4 Å². The first-order valence-corrected chi connectivity index (χ1v) is 19.0. The zero-order valence-corrected chi connectivity index (χ0v) is 37.0. The van der Waals surface area contributed by atoms with Gasteiger partial charge >= 0.3 is 41.7 Å². The van der Waals surface area contributed by atoms with Crippen LogP contribution in [0.4, 0.5) is 0 Å².